The van der Waals surface area contributed by atoms with Crippen LogP contribution in [-0.2, 0) is 6.54 Å². The van der Waals surface area contributed by atoms with Crippen LogP contribution in [0.15, 0.2) is 60.7 Å². The quantitative estimate of drug-likeness (QED) is 0.527. The Hall–Kier alpha value is -2.59. The van der Waals surface area contributed by atoms with Crippen molar-refractivity contribution >= 4 is 23.4 Å². The molecule has 0 amide bonds. The summed E-state index contributed by atoms with van der Waals surface area (Å²) in [7, 11) is 0. The fourth-order valence-electron chi connectivity index (χ4n) is 3.63. The van der Waals surface area contributed by atoms with Crippen molar-refractivity contribution in [3.05, 3.63) is 71.2 Å². The number of benzene rings is 2. The van der Waals surface area contributed by atoms with Crippen LogP contribution < -0.4 is 10.6 Å². The van der Waals surface area contributed by atoms with Gasteiger partial charge in [-0.05, 0) is 30.5 Å². The number of hydrogen-bond acceptors (Lipinski definition) is 4. The summed E-state index contributed by atoms with van der Waals surface area (Å²) in [4.78, 5) is 9.51. The molecule has 0 atom stereocenters. The van der Waals surface area contributed by atoms with E-state index >= 15 is 0 Å². The van der Waals surface area contributed by atoms with Crippen LogP contribution in [-0.4, -0.2) is 16.0 Å². The van der Waals surface area contributed by atoms with Crippen molar-refractivity contribution in [1.29, 1.82) is 0 Å². The first kappa shape index (κ1) is 18.8. The first-order chi connectivity index (χ1) is 13.8. The molecular formula is C23H25ClN4. The van der Waals surface area contributed by atoms with Crippen LogP contribution in [0, 0.1) is 0 Å². The number of halogens is 1. The van der Waals surface area contributed by atoms with E-state index in [2.05, 4.69) is 28.8 Å². The van der Waals surface area contributed by atoms with E-state index in [-0.39, 0.29) is 0 Å². The summed E-state index contributed by atoms with van der Waals surface area (Å²) >= 11 is 6.10. The molecule has 0 radical (unpaired) electrons. The molecule has 0 bridgehead atoms. The highest BCUT2D eigenvalue weighted by Crippen LogP contribution is 2.25. The van der Waals surface area contributed by atoms with E-state index in [9.17, 15) is 0 Å². The Bertz CT molecular complexity index is 907. The smallest absolute Gasteiger partial charge is 0.225 e. The van der Waals surface area contributed by atoms with Crippen LogP contribution in [0.2, 0.25) is 5.02 Å². The Kier molecular flexibility index (Phi) is 6.07. The van der Waals surface area contributed by atoms with E-state index in [0.29, 0.717) is 18.5 Å². The van der Waals surface area contributed by atoms with E-state index in [4.69, 9.17) is 21.6 Å². The molecule has 0 unspecified atom stereocenters. The van der Waals surface area contributed by atoms with Gasteiger partial charge in [-0.25, -0.2) is 4.98 Å². The molecule has 5 heteroatoms. The van der Waals surface area contributed by atoms with Crippen molar-refractivity contribution < 1.29 is 0 Å². The summed E-state index contributed by atoms with van der Waals surface area (Å²) in [6.45, 7) is 0.661. The highest BCUT2D eigenvalue weighted by molar-refractivity contribution is 6.30. The van der Waals surface area contributed by atoms with Gasteiger partial charge in [-0.3, -0.25) is 0 Å². The summed E-state index contributed by atoms with van der Waals surface area (Å²) in [6, 6.07) is 20.6. The van der Waals surface area contributed by atoms with E-state index < -0.39 is 0 Å². The molecule has 4 rings (SSSR count). The van der Waals surface area contributed by atoms with Crippen molar-refractivity contribution in [3.8, 4) is 11.3 Å². The molecule has 0 aliphatic heterocycles. The van der Waals surface area contributed by atoms with Crippen molar-refractivity contribution in [2.24, 2.45) is 0 Å². The van der Waals surface area contributed by atoms with Gasteiger partial charge in [-0.2, -0.15) is 4.98 Å². The normalized spacial score (nSPS) is 14.6. The lowest BCUT2D eigenvalue weighted by molar-refractivity contribution is 0.461. The maximum atomic E-state index is 6.10. The fourth-order valence-corrected chi connectivity index (χ4v) is 3.84. The molecule has 3 aromatic rings. The van der Waals surface area contributed by atoms with Gasteiger partial charge in [-0.15, -0.1) is 0 Å². The second-order valence-corrected chi connectivity index (χ2v) is 7.73. The lowest BCUT2D eigenvalue weighted by Crippen LogP contribution is -2.23. The Morgan fingerprint density at radius 1 is 0.893 bits per heavy atom. The van der Waals surface area contributed by atoms with Crippen molar-refractivity contribution in [2.45, 2.75) is 44.7 Å². The molecule has 1 heterocycles. The Morgan fingerprint density at radius 3 is 2.50 bits per heavy atom. The van der Waals surface area contributed by atoms with Gasteiger partial charge in [0.25, 0.3) is 0 Å². The highest BCUT2D eigenvalue weighted by atomic mass is 35.5. The summed E-state index contributed by atoms with van der Waals surface area (Å²) in [5.74, 6) is 1.51. The largest absolute Gasteiger partial charge is 0.366 e. The zero-order valence-corrected chi connectivity index (χ0v) is 16.6. The summed E-state index contributed by atoms with van der Waals surface area (Å²) in [6.07, 6.45) is 6.25. The second-order valence-electron chi connectivity index (χ2n) is 7.29. The fraction of sp³-hybridized carbons (Fsp3) is 0.304. The minimum Gasteiger partial charge on any atom is -0.366 e. The number of nitrogens with one attached hydrogen (secondary N) is 2. The number of hydrogen-bond donors (Lipinski definition) is 2. The summed E-state index contributed by atoms with van der Waals surface area (Å²) in [5.41, 5.74) is 3.12. The molecule has 2 aromatic carbocycles. The predicted octanol–water partition coefficient (Wildman–Crippen LogP) is 6.15. The lowest BCUT2D eigenvalue weighted by Gasteiger charge is -2.23. The number of aromatic nitrogens is 2. The van der Waals surface area contributed by atoms with Crippen LogP contribution in [0.4, 0.5) is 11.8 Å². The van der Waals surface area contributed by atoms with Gasteiger partial charge in [0, 0.05) is 29.2 Å². The molecule has 1 aliphatic rings. The second kappa shape index (κ2) is 9.07. The van der Waals surface area contributed by atoms with Gasteiger partial charge in [0.05, 0.1) is 5.69 Å². The van der Waals surface area contributed by atoms with E-state index in [1.54, 1.807) is 0 Å². The van der Waals surface area contributed by atoms with Crippen LogP contribution in [0.5, 0.6) is 0 Å². The van der Waals surface area contributed by atoms with Gasteiger partial charge < -0.3 is 10.6 Å². The Balaban J connectivity index is 1.57. The van der Waals surface area contributed by atoms with E-state index in [0.717, 1.165) is 27.7 Å². The van der Waals surface area contributed by atoms with E-state index in [1.165, 1.54) is 32.1 Å². The Morgan fingerprint density at radius 2 is 1.71 bits per heavy atom. The van der Waals surface area contributed by atoms with Crippen molar-refractivity contribution in [2.75, 3.05) is 10.6 Å². The average molecular weight is 393 g/mol. The molecule has 0 saturated heterocycles. The molecular weight excluding hydrogens is 368 g/mol. The zero-order chi connectivity index (χ0) is 19.2. The van der Waals surface area contributed by atoms with Crippen LogP contribution in [0.25, 0.3) is 11.3 Å². The third-order valence-electron chi connectivity index (χ3n) is 5.10. The molecule has 1 aromatic heterocycles. The van der Waals surface area contributed by atoms with Gasteiger partial charge in [-0.1, -0.05) is 73.3 Å². The third-order valence-corrected chi connectivity index (χ3v) is 5.33. The summed E-state index contributed by atoms with van der Waals surface area (Å²) in [5, 5.41) is 7.72. The predicted molar refractivity (Wildman–Crippen MR) is 117 cm³/mol. The topological polar surface area (TPSA) is 49.8 Å². The van der Waals surface area contributed by atoms with Gasteiger partial charge >= 0.3 is 0 Å². The molecule has 0 spiro atoms. The number of nitrogens with zero attached hydrogens (tertiary/aromatic N) is 2. The van der Waals surface area contributed by atoms with Crippen LogP contribution in [0.3, 0.4) is 0 Å². The zero-order valence-electron chi connectivity index (χ0n) is 15.9. The first-order valence-electron chi connectivity index (χ1n) is 9.96. The Labute approximate surface area is 171 Å². The maximum absolute atomic E-state index is 6.10. The standard InChI is InChI=1S/C23H25ClN4/c24-19-11-7-8-17(14-19)16-25-22-15-21(18-9-3-1-4-10-18)27-23(28-22)26-20-12-5-2-6-13-20/h1,3-4,7-11,14-15,20H,2,5-6,12-13,16H2,(H2,25,26,27,28). The molecule has 1 fully saturated rings. The molecule has 2 N–H and O–H groups in total. The molecule has 28 heavy (non-hydrogen) atoms. The van der Waals surface area contributed by atoms with Gasteiger partial charge in [0.1, 0.15) is 5.82 Å². The van der Waals surface area contributed by atoms with Crippen LogP contribution in [0.1, 0.15) is 37.7 Å². The first-order valence-corrected chi connectivity index (χ1v) is 10.3. The minimum absolute atomic E-state index is 0.459. The lowest BCUT2D eigenvalue weighted by atomic mass is 9.96. The monoisotopic (exact) mass is 392 g/mol. The average Bonchev–Trinajstić information content (AvgIpc) is 2.74. The molecule has 1 aliphatic carbocycles. The van der Waals surface area contributed by atoms with E-state index in [1.807, 2.05) is 42.5 Å². The van der Waals surface area contributed by atoms with Gasteiger partial charge in [0.15, 0.2) is 0 Å². The number of rotatable bonds is 6. The van der Waals surface area contributed by atoms with Gasteiger partial charge in [0.2, 0.25) is 5.95 Å². The summed E-state index contributed by atoms with van der Waals surface area (Å²) < 4.78 is 0. The maximum Gasteiger partial charge on any atom is 0.225 e. The molecule has 4 nitrogen and oxygen atoms in total. The number of anilines is 2. The molecule has 144 valence electrons. The minimum atomic E-state index is 0.459. The van der Waals surface area contributed by atoms with Crippen LogP contribution >= 0.6 is 11.6 Å². The van der Waals surface area contributed by atoms with Crippen molar-refractivity contribution in [3.63, 3.8) is 0 Å². The SMILES string of the molecule is Clc1cccc(CNc2cc(-c3ccccc3)nc(NC3CCCCC3)n2)c1. The molecule has 1 saturated carbocycles. The third kappa shape index (κ3) is 5.02. The van der Waals surface area contributed by atoms with Crippen molar-refractivity contribution in [1.82, 2.24) is 9.97 Å². The highest BCUT2D eigenvalue weighted by Gasteiger charge is 2.15.